The van der Waals surface area contributed by atoms with Crippen molar-refractivity contribution in [2.75, 3.05) is 0 Å². The van der Waals surface area contributed by atoms with E-state index in [1.165, 1.54) is 6.20 Å². The fraction of sp³-hybridized carbons (Fsp3) is 0. The van der Waals surface area contributed by atoms with Gasteiger partial charge < -0.3 is 5.10 Å². The Morgan fingerprint density at radius 3 is 2.75 bits per heavy atom. The number of hydrogen-bond donors (Lipinski definition) is 2. The molecule has 0 radical (unpaired) electrons. The van der Waals surface area contributed by atoms with Crippen molar-refractivity contribution in [2.24, 2.45) is 0 Å². The van der Waals surface area contributed by atoms with E-state index in [-0.39, 0.29) is 0 Å². The predicted octanol–water partition coefficient (Wildman–Crippen LogP) is 0.944. The lowest BCUT2D eigenvalue weighted by molar-refractivity contribution is 1.08. The van der Waals surface area contributed by atoms with Crippen molar-refractivity contribution in [1.82, 2.24) is 10.2 Å². The summed E-state index contributed by atoms with van der Waals surface area (Å²) in [5.41, 5.74) is 0.486. The van der Waals surface area contributed by atoms with Crippen LogP contribution >= 0.6 is 12.2 Å². The van der Waals surface area contributed by atoms with E-state index in [4.69, 9.17) is 5.26 Å². The lowest BCUT2D eigenvalue weighted by atomic mass is 10.4. The Bertz CT molecular complexity index is 263. The van der Waals surface area contributed by atoms with Gasteiger partial charge in [-0.1, -0.05) is 12.2 Å². The highest BCUT2D eigenvalue weighted by Crippen LogP contribution is 1.92. The summed E-state index contributed by atoms with van der Waals surface area (Å²) in [6.07, 6.45) is 1.53. The Morgan fingerprint density at radius 2 is 2.50 bits per heavy atom. The summed E-state index contributed by atoms with van der Waals surface area (Å²) in [6.45, 7) is 0. The zero-order chi connectivity index (χ0) is 5.98. The number of nitrogens with zero attached hydrogens (tertiary/aromatic N) is 1. The van der Waals surface area contributed by atoms with Crippen LogP contribution < -0.4 is 0 Å². The topological polar surface area (TPSA) is 55.4 Å². The summed E-state index contributed by atoms with van der Waals surface area (Å²) in [6, 6.07) is 1.91. The maximum absolute atomic E-state index is 8.25. The standard InChI is InChI=1S/C4H3N3S/c5-1-3-2-6-7-4(3)8/h2H,(H2,6,7,8). The van der Waals surface area contributed by atoms with Crippen LogP contribution in [0, 0.1) is 16.0 Å². The largest absolute Gasteiger partial charge is 0.306 e. The van der Waals surface area contributed by atoms with Crippen LogP contribution in [0.15, 0.2) is 6.20 Å². The molecule has 0 aliphatic carbocycles. The van der Waals surface area contributed by atoms with E-state index < -0.39 is 0 Å². The lowest BCUT2D eigenvalue weighted by Crippen LogP contribution is -1.63. The molecule has 3 nitrogen and oxygen atoms in total. The average Bonchev–Trinajstić information content (AvgIpc) is 2.14. The average molecular weight is 125 g/mol. The molecular formula is C4H3N3S. The molecule has 8 heavy (non-hydrogen) atoms. The van der Waals surface area contributed by atoms with Crippen LogP contribution in [0.2, 0.25) is 0 Å². The molecule has 0 saturated heterocycles. The third-order valence-corrected chi connectivity index (χ3v) is 1.09. The van der Waals surface area contributed by atoms with Gasteiger partial charge in [0.1, 0.15) is 16.3 Å². The van der Waals surface area contributed by atoms with Crippen LogP contribution in [-0.4, -0.2) is 10.2 Å². The second kappa shape index (κ2) is 1.80. The third kappa shape index (κ3) is 0.634. The molecule has 0 unspecified atom stereocenters. The molecule has 0 spiro atoms. The van der Waals surface area contributed by atoms with Crippen molar-refractivity contribution >= 4 is 12.2 Å². The van der Waals surface area contributed by atoms with Gasteiger partial charge >= 0.3 is 0 Å². The number of H-pyrrole nitrogens is 2. The zero-order valence-electron chi connectivity index (χ0n) is 3.93. The Hall–Kier alpha value is -1.08. The molecule has 0 atom stereocenters. The Labute approximate surface area is 50.9 Å². The highest BCUT2D eigenvalue weighted by Gasteiger charge is 1.88. The van der Waals surface area contributed by atoms with Gasteiger partial charge in [-0.2, -0.15) is 5.26 Å². The van der Waals surface area contributed by atoms with Gasteiger partial charge in [0, 0.05) is 6.20 Å². The van der Waals surface area contributed by atoms with E-state index in [0.29, 0.717) is 10.2 Å². The minimum atomic E-state index is 0.465. The first-order valence-electron chi connectivity index (χ1n) is 2.01. The van der Waals surface area contributed by atoms with E-state index in [2.05, 4.69) is 22.4 Å². The summed E-state index contributed by atoms with van der Waals surface area (Å²) in [5.74, 6) is 0. The van der Waals surface area contributed by atoms with Crippen molar-refractivity contribution < 1.29 is 0 Å². The van der Waals surface area contributed by atoms with Crippen molar-refractivity contribution in [3.63, 3.8) is 0 Å². The van der Waals surface area contributed by atoms with Crippen molar-refractivity contribution in [1.29, 1.82) is 5.26 Å². The molecule has 0 fully saturated rings. The first-order valence-corrected chi connectivity index (χ1v) is 2.41. The van der Waals surface area contributed by atoms with Crippen molar-refractivity contribution in [3.8, 4) is 6.07 Å². The van der Waals surface area contributed by atoms with Gasteiger partial charge in [0.25, 0.3) is 0 Å². The molecule has 1 aromatic heterocycles. The van der Waals surface area contributed by atoms with Gasteiger partial charge in [-0.25, -0.2) is 0 Å². The summed E-state index contributed by atoms with van der Waals surface area (Å²) in [5, 5.41) is 13.4. The highest BCUT2D eigenvalue weighted by molar-refractivity contribution is 7.71. The first kappa shape index (κ1) is 5.06. The number of hydrogen-bond acceptors (Lipinski definition) is 2. The number of nitrogens with one attached hydrogen (secondary N) is 2. The van der Waals surface area contributed by atoms with Crippen LogP contribution in [0.5, 0.6) is 0 Å². The Balaban J connectivity index is 3.37. The second-order valence-corrected chi connectivity index (χ2v) is 1.68. The number of rotatable bonds is 0. The van der Waals surface area contributed by atoms with E-state index >= 15 is 0 Å². The fourth-order valence-electron chi connectivity index (χ4n) is 0.390. The smallest absolute Gasteiger partial charge is 0.137 e. The Kier molecular flexibility index (Phi) is 1.14. The molecule has 0 saturated carbocycles. The highest BCUT2D eigenvalue weighted by atomic mass is 32.1. The zero-order valence-corrected chi connectivity index (χ0v) is 4.75. The molecule has 40 valence electrons. The number of aromatic amines is 2. The molecule has 0 aliphatic rings. The van der Waals surface area contributed by atoms with E-state index in [1.807, 2.05) is 6.07 Å². The molecule has 4 heteroatoms. The monoisotopic (exact) mass is 125 g/mol. The van der Waals surface area contributed by atoms with Crippen LogP contribution in [0.4, 0.5) is 0 Å². The predicted molar refractivity (Wildman–Crippen MR) is 30.7 cm³/mol. The van der Waals surface area contributed by atoms with Gasteiger partial charge in [0.2, 0.25) is 0 Å². The summed E-state index contributed by atoms with van der Waals surface area (Å²) >= 11 is 4.68. The van der Waals surface area contributed by atoms with E-state index in [1.54, 1.807) is 0 Å². The quantitative estimate of drug-likeness (QED) is 0.507. The SMILES string of the molecule is N#Cc1c[nH][nH]c1=S. The molecule has 1 rings (SSSR count). The summed E-state index contributed by atoms with van der Waals surface area (Å²) in [7, 11) is 0. The minimum absolute atomic E-state index is 0.465. The van der Waals surface area contributed by atoms with Crippen LogP contribution in [0.3, 0.4) is 0 Å². The van der Waals surface area contributed by atoms with Crippen LogP contribution in [0.1, 0.15) is 5.56 Å². The lowest BCUT2D eigenvalue weighted by Gasteiger charge is -1.64. The maximum atomic E-state index is 8.25. The number of nitriles is 1. The summed E-state index contributed by atoms with van der Waals surface area (Å²) < 4.78 is 0.465. The van der Waals surface area contributed by atoms with Crippen molar-refractivity contribution in [3.05, 3.63) is 16.4 Å². The molecule has 0 bridgehead atoms. The molecule has 1 heterocycles. The van der Waals surface area contributed by atoms with E-state index in [9.17, 15) is 0 Å². The van der Waals surface area contributed by atoms with Crippen molar-refractivity contribution in [2.45, 2.75) is 0 Å². The van der Waals surface area contributed by atoms with Gasteiger partial charge in [-0.3, -0.25) is 5.10 Å². The molecule has 0 amide bonds. The molecule has 1 aromatic rings. The maximum Gasteiger partial charge on any atom is 0.137 e. The van der Waals surface area contributed by atoms with Gasteiger partial charge in [-0.05, 0) is 0 Å². The van der Waals surface area contributed by atoms with Crippen LogP contribution in [-0.2, 0) is 0 Å². The van der Waals surface area contributed by atoms with Gasteiger partial charge in [-0.15, -0.1) is 0 Å². The third-order valence-electron chi connectivity index (χ3n) is 0.767. The molecule has 0 aliphatic heterocycles. The Morgan fingerprint density at radius 1 is 1.75 bits per heavy atom. The van der Waals surface area contributed by atoms with E-state index in [0.717, 1.165) is 0 Å². The number of aromatic nitrogens is 2. The molecule has 0 aromatic carbocycles. The van der Waals surface area contributed by atoms with Gasteiger partial charge in [0.05, 0.1) is 0 Å². The molecule has 2 N–H and O–H groups in total. The molecular weight excluding hydrogens is 122 g/mol. The minimum Gasteiger partial charge on any atom is -0.306 e. The second-order valence-electron chi connectivity index (χ2n) is 1.27. The summed E-state index contributed by atoms with van der Waals surface area (Å²) in [4.78, 5) is 0. The fourth-order valence-corrected chi connectivity index (χ4v) is 0.553. The normalized spacial score (nSPS) is 8.38. The first-order chi connectivity index (χ1) is 3.84. The van der Waals surface area contributed by atoms with Crippen LogP contribution in [0.25, 0.3) is 0 Å². The van der Waals surface area contributed by atoms with Gasteiger partial charge in [0.15, 0.2) is 0 Å².